The lowest BCUT2D eigenvalue weighted by Crippen LogP contribution is -2.25. The number of fused-ring (bicyclic) bond motifs is 2. The van der Waals surface area contributed by atoms with Gasteiger partial charge in [0, 0.05) is 44.5 Å². The van der Waals surface area contributed by atoms with Crippen LogP contribution >= 0.6 is 0 Å². The molecule has 2 nitrogen and oxygen atoms in total. The fourth-order valence-electron chi connectivity index (χ4n) is 11.3. The molecule has 0 aromatic heterocycles. The summed E-state index contributed by atoms with van der Waals surface area (Å²) in [5.41, 5.74) is 15.8. The van der Waals surface area contributed by atoms with E-state index < -0.39 is 0 Å². The molecule has 0 saturated heterocycles. The molecule has 0 bridgehead atoms. The van der Waals surface area contributed by atoms with E-state index in [4.69, 9.17) is 0 Å². The molecule has 0 N–H and O–H groups in total. The van der Waals surface area contributed by atoms with E-state index in [-0.39, 0.29) is 5.41 Å². The van der Waals surface area contributed by atoms with Crippen molar-refractivity contribution in [3.8, 4) is 0 Å². The van der Waals surface area contributed by atoms with Gasteiger partial charge < -0.3 is 9.80 Å². The van der Waals surface area contributed by atoms with Crippen LogP contribution in [0.3, 0.4) is 0 Å². The summed E-state index contributed by atoms with van der Waals surface area (Å²) in [6, 6.07) is 47.2. The summed E-state index contributed by atoms with van der Waals surface area (Å²) in [4.78, 5) is 5.19. The first-order valence-electron chi connectivity index (χ1n) is 23.8. The zero-order valence-corrected chi connectivity index (χ0v) is 38.8. The monoisotopic (exact) mass is 832 g/mol. The summed E-state index contributed by atoms with van der Waals surface area (Å²) in [6.07, 6.45) is 17.1. The van der Waals surface area contributed by atoms with Crippen LogP contribution in [0.25, 0.3) is 43.1 Å². The summed E-state index contributed by atoms with van der Waals surface area (Å²) in [6.45, 7) is 18.9. The Kier molecular flexibility index (Phi) is 9.73. The number of nitrogens with zero attached hydrogens (tertiary/aromatic N) is 2. The van der Waals surface area contributed by atoms with E-state index in [0.717, 1.165) is 19.3 Å². The quantitative estimate of drug-likeness (QED) is 0.134. The highest BCUT2D eigenvalue weighted by atomic mass is 15.2. The molecule has 3 aliphatic rings. The Bertz CT molecular complexity index is 3230. The lowest BCUT2D eigenvalue weighted by atomic mass is 9.70. The van der Waals surface area contributed by atoms with E-state index in [9.17, 15) is 0 Å². The molecule has 3 aliphatic carbocycles. The van der Waals surface area contributed by atoms with Crippen LogP contribution in [-0.2, 0) is 11.8 Å². The standard InChI is InChI=1S/C62H60N2/c1-38(2)41-23-27-46(28-24-41)63(55-21-13-17-43-15-9-11-19-48(43)55)57-35-45-33-34-62(7,8)54-36-53-58(37-52(40(5)6)50-31-32-51(57)61(59(45)54)60(50)53)64(47-29-25-42(26-30-47)39(3)4)56-22-14-18-44-16-10-12-20-49(44)56/h9-16,18-32,35-40,43H,17,33-34H2,1-8H3. The maximum atomic E-state index is 2.62. The highest BCUT2D eigenvalue weighted by Crippen LogP contribution is 2.55. The minimum absolute atomic E-state index is 0.00595. The second kappa shape index (κ2) is 15.4. The average Bonchev–Trinajstić information content (AvgIpc) is 3.30. The third-order valence-corrected chi connectivity index (χ3v) is 14.9. The van der Waals surface area contributed by atoms with Gasteiger partial charge in [0.2, 0.25) is 0 Å². The van der Waals surface area contributed by atoms with Crippen molar-refractivity contribution in [2.75, 3.05) is 9.80 Å². The van der Waals surface area contributed by atoms with Gasteiger partial charge in [-0.25, -0.2) is 0 Å². The minimum atomic E-state index is -0.00595. The number of hydrogen-bond acceptors (Lipinski definition) is 2. The predicted octanol–water partition coefficient (Wildman–Crippen LogP) is 17.9. The molecule has 0 spiro atoms. The maximum Gasteiger partial charge on any atom is 0.0543 e. The van der Waals surface area contributed by atoms with Crippen LogP contribution in [-0.4, -0.2) is 0 Å². The Labute approximate surface area is 380 Å². The first-order chi connectivity index (χ1) is 31.0. The summed E-state index contributed by atoms with van der Waals surface area (Å²) in [5, 5.41) is 10.7. The molecule has 1 atom stereocenters. The molecule has 0 aliphatic heterocycles. The summed E-state index contributed by atoms with van der Waals surface area (Å²) < 4.78 is 0. The Hall–Kier alpha value is -6.38. The van der Waals surface area contributed by atoms with Crippen molar-refractivity contribution in [1.29, 1.82) is 0 Å². The lowest BCUT2D eigenvalue weighted by Gasteiger charge is -2.38. The first-order valence-corrected chi connectivity index (χ1v) is 23.8. The molecule has 0 heterocycles. The average molecular weight is 833 g/mol. The zero-order valence-electron chi connectivity index (χ0n) is 38.8. The summed E-state index contributed by atoms with van der Waals surface area (Å²) in [5.74, 6) is 1.58. The molecular weight excluding hydrogens is 773 g/mol. The van der Waals surface area contributed by atoms with Crippen molar-refractivity contribution >= 4 is 71.5 Å². The van der Waals surface area contributed by atoms with Crippen LogP contribution in [0.5, 0.6) is 0 Å². The number of benzene rings is 8. The molecular formula is C62H60N2. The van der Waals surface area contributed by atoms with Crippen molar-refractivity contribution < 1.29 is 0 Å². The van der Waals surface area contributed by atoms with Crippen LogP contribution < -0.4 is 9.80 Å². The van der Waals surface area contributed by atoms with E-state index in [2.05, 4.69) is 223 Å². The van der Waals surface area contributed by atoms with Crippen LogP contribution in [0.2, 0.25) is 0 Å². The molecule has 318 valence electrons. The van der Waals surface area contributed by atoms with Crippen LogP contribution in [0.15, 0.2) is 169 Å². The van der Waals surface area contributed by atoms with Crippen molar-refractivity contribution in [2.45, 2.75) is 97.8 Å². The van der Waals surface area contributed by atoms with E-state index in [1.807, 2.05) is 0 Å². The second-order valence-electron chi connectivity index (χ2n) is 20.3. The molecule has 8 aromatic rings. The second-order valence-corrected chi connectivity index (χ2v) is 20.3. The van der Waals surface area contributed by atoms with Gasteiger partial charge in [-0.05, 0) is 152 Å². The van der Waals surface area contributed by atoms with Gasteiger partial charge in [0.05, 0.1) is 17.1 Å². The van der Waals surface area contributed by atoms with Crippen LogP contribution in [0.4, 0.5) is 28.4 Å². The smallest absolute Gasteiger partial charge is 0.0543 e. The van der Waals surface area contributed by atoms with Crippen molar-refractivity contribution in [3.63, 3.8) is 0 Å². The Morgan fingerprint density at radius 2 is 1.22 bits per heavy atom. The van der Waals surface area contributed by atoms with Crippen molar-refractivity contribution in [2.24, 2.45) is 5.92 Å². The topological polar surface area (TPSA) is 6.48 Å². The van der Waals surface area contributed by atoms with Gasteiger partial charge >= 0.3 is 0 Å². The fraction of sp³-hybridized carbons (Fsp3) is 0.258. The minimum Gasteiger partial charge on any atom is -0.310 e. The third-order valence-electron chi connectivity index (χ3n) is 14.9. The predicted molar refractivity (Wildman–Crippen MR) is 277 cm³/mol. The SMILES string of the molecule is CC(C)c1ccc(N(C2=C3C=CC=CC3CC=C2)c2cc3c4c(cc5c(N(c6ccc(C(C)C)cc6)c6cccc7ccccc67)cc(C(C)C)c6ccc2c4c65)C(C)(C)CC3)cc1. The van der Waals surface area contributed by atoms with Gasteiger partial charge in [0.25, 0.3) is 0 Å². The molecule has 64 heavy (non-hydrogen) atoms. The molecule has 8 aromatic carbocycles. The van der Waals surface area contributed by atoms with Gasteiger partial charge in [0.1, 0.15) is 0 Å². The molecule has 1 unspecified atom stereocenters. The Morgan fingerprint density at radius 3 is 1.94 bits per heavy atom. The van der Waals surface area contributed by atoms with Crippen molar-refractivity contribution in [3.05, 3.63) is 197 Å². The highest BCUT2D eigenvalue weighted by molar-refractivity contribution is 6.30. The number of hydrogen-bond donors (Lipinski definition) is 0. The fourth-order valence-corrected chi connectivity index (χ4v) is 11.3. The molecule has 0 saturated carbocycles. The number of allylic oxidation sites excluding steroid dienone is 7. The van der Waals surface area contributed by atoms with E-state index in [1.54, 1.807) is 0 Å². The largest absolute Gasteiger partial charge is 0.310 e. The lowest BCUT2D eigenvalue weighted by molar-refractivity contribution is 0.475. The zero-order chi connectivity index (χ0) is 44.0. The summed E-state index contributed by atoms with van der Waals surface area (Å²) in [7, 11) is 0. The molecule has 0 radical (unpaired) electrons. The van der Waals surface area contributed by atoms with E-state index in [1.165, 1.54) is 111 Å². The maximum absolute atomic E-state index is 2.62. The first kappa shape index (κ1) is 40.4. The third kappa shape index (κ3) is 6.43. The van der Waals surface area contributed by atoms with Gasteiger partial charge in [-0.3, -0.25) is 0 Å². The summed E-state index contributed by atoms with van der Waals surface area (Å²) >= 11 is 0. The number of rotatable bonds is 9. The molecule has 0 fully saturated rings. The number of anilines is 5. The molecule has 0 amide bonds. The van der Waals surface area contributed by atoms with Gasteiger partial charge in [-0.2, -0.15) is 0 Å². The molecule has 2 heteroatoms. The van der Waals surface area contributed by atoms with Gasteiger partial charge in [-0.15, -0.1) is 0 Å². The van der Waals surface area contributed by atoms with Crippen molar-refractivity contribution in [1.82, 2.24) is 0 Å². The van der Waals surface area contributed by atoms with Gasteiger partial charge in [0.15, 0.2) is 0 Å². The van der Waals surface area contributed by atoms with Crippen LogP contribution in [0.1, 0.15) is 114 Å². The number of aryl methyl sites for hydroxylation is 1. The highest BCUT2D eigenvalue weighted by Gasteiger charge is 2.35. The normalized spacial score (nSPS) is 16.7. The van der Waals surface area contributed by atoms with Crippen LogP contribution in [0, 0.1) is 5.92 Å². The molecule has 11 rings (SSSR count). The van der Waals surface area contributed by atoms with Gasteiger partial charge in [-0.1, -0.05) is 159 Å². The Morgan fingerprint density at radius 1 is 0.547 bits per heavy atom. The van der Waals surface area contributed by atoms with E-state index >= 15 is 0 Å². The Balaban J connectivity index is 1.28. The van der Waals surface area contributed by atoms with E-state index in [0.29, 0.717) is 23.7 Å².